The fourth-order valence-corrected chi connectivity index (χ4v) is 4.85. The first-order valence-corrected chi connectivity index (χ1v) is 12.3. The summed E-state index contributed by atoms with van der Waals surface area (Å²) in [5.74, 6) is 0.0702. The number of ether oxygens (including phenoxy) is 1. The number of para-hydroxylation sites is 1. The lowest BCUT2D eigenvalue weighted by Crippen LogP contribution is -2.19. The standard InChI is InChI=1S/C26H24N4O4S/c1-17-9-10-18(2)24(15-17)35(32,33)30-23-8-5-4-7-21(23)25(31)29-22-12-11-20(16-19(22)3)34-26-27-13-6-14-28-26/h4-16,30H,1-3H3,(H,29,31). The van der Waals surface area contributed by atoms with Crippen LogP contribution in [0.2, 0.25) is 0 Å². The monoisotopic (exact) mass is 488 g/mol. The molecule has 1 amide bonds. The molecule has 0 spiro atoms. The summed E-state index contributed by atoms with van der Waals surface area (Å²) < 4.78 is 34.4. The molecule has 1 heterocycles. The van der Waals surface area contributed by atoms with E-state index in [0.29, 0.717) is 17.0 Å². The quantitative estimate of drug-likeness (QED) is 0.368. The predicted molar refractivity (Wildman–Crippen MR) is 134 cm³/mol. The summed E-state index contributed by atoms with van der Waals surface area (Å²) >= 11 is 0. The van der Waals surface area contributed by atoms with E-state index in [1.54, 1.807) is 80.0 Å². The Labute approximate surface area is 204 Å². The molecule has 4 rings (SSSR count). The molecular formula is C26H24N4O4S. The number of hydrogen-bond acceptors (Lipinski definition) is 6. The highest BCUT2D eigenvalue weighted by Crippen LogP contribution is 2.27. The SMILES string of the molecule is Cc1ccc(C)c(S(=O)(=O)Nc2ccccc2C(=O)Nc2ccc(Oc3ncccn3)cc2C)c1. The maximum atomic E-state index is 13.1. The van der Waals surface area contributed by atoms with Crippen LogP contribution in [-0.2, 0) is 10.0 Å². The Bertz CT molecular complexity index is 1490. The molecule has 8 nitrogen and oxygen atoms in total. The number of aryl methyl sites for hydroxylation is 3. The zero-order valence-corrected chi connectivity index (χ0v) is 20.3. The number of nitrogens with zero attached hydrogens (tertiary/aromatic N) is 2. The highest BCUT2D eigenvalue weighted by atomic mass is 32.2. The Hall–Kier alpha value is -4.24. The van der Waals surface area contributed by atoms with Crippen molar-refractivity contribution in [3.8, 4) is 11.8 Å². The first kappa shape index (κ1) is 23.9. The molecular weight excluding hydrogens is 464 g/mol. The number of aromatic nitrogens is 2. The Morgan fingerprint density at radius 1 is 0.829 bits per heavy atom. The van der Waals surface area contributed by atoms with Gasteiger partial charge in [0.2, 0.25) is 0 Å². The van der Waals surface area contributed by atoms with E-state index in [2.05, 4.69) is 20.0 Å². The van der Waals surface area contributed by atoms with Gasteiger partial charge in [-0.1, -0.05) is 24.3 Å². The third kappa shape index (κ3) is 5.64. The molecule has 3 aromatic carbocycles. The van der Waals surface area contributed by atoms with Crippen LogP contribution in [0.5, 0.6) is 11.8 Å². The minimum atomic E-state index is -3.90. The Balaban J connectivity index is 1.55. The van der Waals surface area contributed by atoms with Gasteiger partial charge in [0.1, 0.15) is 5.75 Å². The molecule has 0 fully saturated rings. The fourth-order valence-electron chi connectivity index (χ4n) is 3.44. The van der Waals surface area contributed by atoms with Gasteiger partial charge in [-0.3, -0.25) is 9.52 Å². The van der Waals surface area contributed by atoms with Crippen LogP contribution in [0.1, 0.15) is 27.0 Å². The first-order valence-electron chi connectivity index (χ1n) is 10.8. The molecule has 2 N–H and O–H groups in total. The Morgan fingerprint density at radius 3 is 2.31 bits per heavy atom. The van der Waals surface area contributed by atoms with Crippen LogP contribution in [0.4, 0.5) is 11.4 Å². The van der Waals surface area contributed by atoms with Gasteiger partial charge in [0.05, 0.1) is 16.1 Å². The molecule has 0 saturated heterocycles. The van der Waals surface area contributed by atoms with Crippen LogP contribution in [0, 0.1) is 20.8 Å². The van der Waals surface area contributed by atoms with Crippen molar-refractivity contribution in [1.29, 1.82) is 0 Å². The second-order valence-corrected chi connectivity index (χ2v) is 9.64. The van der Waals surface area contributed by atoms with Crippen LogP contribution >= 0.6 is 0 Å². The lowest BCUT2D eigenvalue weighted by Gasteiger charge is -2.15. The summed E-state index contributed by atoms with van der Waals surface area (Å²) in [4.78, 5) is 21.3. The lowest BCUT2D eigenvalue weighted by atomic mass is 10.1. The van der Waals surface area contributed by atoms with Gasteiger partial charge in [0.25, 0.3) is 15.9 Å². The summed E-state index contributed by atoms with van der Waals surface area (Å²) in [5, 5.41) is 2.84. The van der Waals surface area contributed by atoms with E-state index in [4.69, 9.17) is 4.74 Å². The molecule has 0 radical (unpaired) electrons. The van der Waals surface area contributed by atoms with E-state index in [9.17, 15) is 13.2 Å². The minimum Gasteiger partial charge on any atom is -0.424 e. The van der Waals surface area contributed by atoms with Gasteiger partial charge in [-0.05, 0) is 79.9 Å². The first-order chi connectivity index (χ1) is 16.7. The van der Waals surface area contributed by atoms with E-state index in [1.165, 1.54) is 0 Å². The van der Waals surface area contributed by atoms with Crippen molar-refractivity contribution in [2.45, 2.75) is 25.7 Å². The van der Waals surface area contributed by atoms with E-state index in [-0.39, 0.29) is 22.2 Å². The summed E-state index contributed by atoms with van der Waals surface area (Å²) in [6.07, 6.45) is 3.16. The average molecular weight is 489 g/mol. The van der Waals surface area contributed by atoms with Gasteiger partial charge in [0, 0.05) is 18.1 Å². The zero-order valence-electron chi connectivity index (χ0n) is 19.4. The second kappa shape index (κ2) is 9.94. The number of anilines is 2. The smallest absolute Gasteiger partial charge is 0.321 e. The molecule has 9 heteroatoms. The van der Waals surface area contributed by atoms with E-state index >= 15 is 0 Å². The number of carbonyl (C=O) groups excluding carboxylic acids is 1. The molecule has 0 saturated carbocycles. The summed E-state index contributed by atoms with van der Waals surface area (Å²) in [6, 6.07) is 18.7. The predicted octanol–water partition coefficient (Wildman–Crippen LogP) is 5.25. The molecule has 0 unspecified atom stereocenters. The molecule has 0 aliphatic heterocycles. The van der Waals surface area contributed by atoms with Gasteiger partial charge in [-0.15, -0.1) is 0 Å². The fraction of sp³-hybridized carbons (Fsp3) is 0.115. The van der Waals surface area contributed by atoms with Gasteiger partial charge in [0.15, 0.2) is 0 Å². The maximum absolute atomic E-state index is 13.1. The van der Waals surface area contributed by atoms with Gasteiger partial charge >= 0.3 is 6.01 Å². The van der Waals surface area contributed by atoms with E-state index in [1.807, 2.05) is 19.9 Å². The topological polar surface area (TPSA) is 110 Å². The van der Waals surface area contributed by atoms with Gasteiger partial charge in [-0.2, -0.15) is 0 Å². The van der Waals surface area contributed by atoms with Crippen LogP contribution in [0.15, 0.2) is 84.0 Å². The van der Waals surface area contributed by atoms with E-state index < -0.39 is 15.9 Å². The number of benzene rings is 3. The number of carbonyl (C=O) groups is 1. The number of rotatable bonds is 7. The molecule has 1 aromatic heterocycles. The maximum Gasteiger partial charge on any atom is 0.321 e. The zero-order chi connectivity index (χ0) is 25.0. The number of sulfonamides is 1. The number of hydrogen-bond donors (Lipinski definition) is 2. The van der Waals surface area contributed by atoms with Crippen LogP contribution in [0.3, 0.4) is 0 Å². The Kier molecular flexibility index (Phi) is 6.79. The number of nitrogens with one attached hydrogen (secondary N) is 2. The third-order valence-electron chi connectivity index (χ3n) is 5.25. The van der Waals surface area contributed by atoms with Crippen molar-refractivity contribution < 1.29 is 17.9 Å². The van der Waals surface area contributed by atoms with Crippen molar-refractivity contribution in [1.82, 2.24) is 9.97 Å². The van der Waals surface area contributed by atoms with Crippen molar-refractivity contribution in [3.05, 3.63) is 101 Å². The second-order valence-electron chi connectivity index (χ2n) is 7.98. The molecule has 4 aromatic rings. The van der Waals surface area contributed by atoms with E-state index in [0.717, 1.165) is 11.1 Å². The summed E-state index contributed by atoms with van der Waals surface area (Å²) in [6.45, 7) is 5.38. The molecule has 178 valence electrons. The van der Waals surface area contributed by atoms with Crippen LogP contribution in [-0.4, -0.2) is 24.3 Å². The highest BCUT2D eigenvalue weighted by Gasteiger charge is 2.21. The normalized spacial score (nSPS) is 11.1. The summed E-state index contributed by atoms with van der Waals surface area (Å²) in [5.41, 5.74) is 3.12. The third-order valence-corrected chi connectivity index (χ3v) is 6.75. The molecule has 0 atom stereocenters. The van der Waals surface area contributed by atoms with Crippen molar-refractivity contribution in [2.75, 3.05) is 10.0 Å². The molecule has 0 aliphatic rings. The Morgan fingerprint density at radius 2 is 1.57 bits per heavy atom. The average Bonchev–Trinajstić information content (AvgIpc) is 2.83. The van der Waals surface area contributed by atoms with Crippen molar-refractivity contribution in [2.24, 2.45) is 0 Å². The van der Waals surface area contributed by atoms with Crippen LogP contribution in [0.25, 0.3) is 0 Å². The lowest BCUT2D eigenvalue weighted by molar-refractivity contribution is 0.102. The largest absolute Gasteiger partial charge is 0.424 e. The molecule has 0 aliphatic carbocycles. The molecule has 35 heavy (non-hydrogen) atoms. The van der Waals surface area contributed by atoms with Crippen molar-refractivity contribution in [3.63, 3.8) is 0 Å². The minimum absolute atomic E-state index is 0.168. The molecule has 0 bridgehead atoms. The number of amides is 1. The summed E-state index contributed by atoms with van der Waals surface area (Å²) in [7, 11) is -3.90. The van der Waals surface area contributed by atoms with Gasteiger partial charge in [-0.25, -0.2) is 18.4 Å². The van der Waals surface area contributed by atoms with Crippen molar-refractivity contribution >= 4 is 27.3 Å². The highest BCUT2D eigenvalue weighted by molar-refractivity contribution is 7.92. The van der Waals surface area contributed by atoms with Gasteiger partial charge < -0.3 is 10.1 Å². The van der Waals surface area contributed by atoms with Crippen LogP contribution < -0.4 is 14.8 Å².